The van der Waals surface area contributed by atoms with Crippen LogP contribution < -0.4 is 0 Å². The molecule has 0 bridgehead atoms. The van der Waals surface area contributed by atoms with Gasteiger partial charge in [0.15, 0.2) is 0 Å². The van der Waals surface area contributed by atoms with Gasteiger partial charge in [0.05, 0.1) is 12.2 Å². The second kappa shape index (κ2) is 3.71. The summed E-state index contributed by atoms with van der Waals surface area (Å²) >= 11 is 0. The van der Waals surface area contributed by atoms with Gasteiger partial charge in [-0.2, -0.15) is 0 Å². The molecule has 2 rings (SSSR count). The van der Waals surface area contributed by atoms with Crippen LogP contribution in [-0.4, -0.2) is 23.9 Å². The van der Waals surface area contributed by atoms with Crippen molar-refractivity contribution in [2.75, 3.05) is 13.2 Å². The zero-order chi connectivity index (χ0) is 10.0. The maximum atomic E-state index is 10.1. The van der Waals surface area contributed by atoms with E-state index < -0.39 is 5.60 Å². The van der Waals surface area contributed by atoms with E-state index in [-0.39, 0.29) is 0 Å². The minimum absolute atomic E-state index is 0.474. The largest absolute Gasteiger partial charge is 0.387 e. The fraction of sp³-hybridized carbons (Fsp3) is 0.500. The average molecular weight is 192 g/mol. The van der Waals surface area contributed by atoms with E-state index in [2.05, 4.69) is 19.1 Å². The van der Waals surface area contributed by atoms with E-state index in [0.29, 0.717) is 19.6 Å². The van der Waals surface area contributed by atoms with Gasteiger partial charge in [0.1, 0.15) is 0 Å². The van der Waals surface area contributed by atoms with Crippen LogP contribution in [0.15, 0.2) is 24.3 Å². The molecule has 0 radical (unpaired) electrons. The molecule has 1 N–H and O–H groups in total. The van der Waals surface area contributed by atoms with E-state index in [1.165, 1.54) is 11.1 Å². The van der Waals surface area contributed by atoms with E-state index in [1.807, 2.05) is 12.1 Å². The molecular formula is C12H16O2. The van der Waals surface area contributed by atoms with Gasteiger partial charge in [-0.15, -0.1) is 0 Å². The van der Waals surface area contributed by atoms with Gasteiger partial charge in [-0.3, -0.25) is 0 Å². The first-order valence-electron chi connectivity index (χ1n) is 5.04. The van der Waals surface area contributed by atoms with Gasteiger partial charge in [0.2, 0.25) is 0 Å². The van der Waals surface area contributed by atoms with Crippen molar-refractivity contribution in [3.8, 4) is 0 Å². The first kappa shape index (κ1) is 9.69. The molecule has 0 spiro atoms. The average Bonchev–Trinajstić information content (AvgIpc) is 2.57. The number of benzene rings is 1. The van der Waals surface area contributed by atoms with Gasteiger partial charge < -0.3 is 9.84 Å². The number of hydrogen-bond acceptors (Lipinski definition) is 2. The molecule has 1 saturated heterocycles. The monoisotopic (exact) mass is 192 g/mol. The van der Waals surface area contributed by atoms with Crippen molar-refractivity contribution < 1.29 is 9.84 Å². The summed E-state index contributed by atoms with van der Waals surface area (Å²) in [7, 11) is 0. The molecule has 1 aliphatic heterocycles. The molecule has 2 nitrogen and oxygen atoms in total. The van der Waals surface area contributed by atoms with Gasteiger partial charge in [0.25, 0.3) is 0 Å². The van der Waals surface area contributed by atoms with E-state index in [9.17, 15) is 5.11 Å². The molecule has 1 fully saturated rings. The zero-order valence-electron chi connectivity index (χ0n) is 8.49. The van der Waals surface area contributed by atoms with Crippen molar-refractivity contribution in [1.82, 2.24) is 0 Å². The molecule has 14 heavy (non-hydrogen) atoms. The Morgan fingerprint density at radius 1 is 1.43 bits per heavy atom. The molecular weight excluding hydrogens is 176 g/mol. The highest BCUT2D eigenvalue weighted by Gasteiger charge is 2.32. The van der Waals surface area contributed by atoms with Crippen molar-refractivity contribution >= 4 is 0 Å². The Hall–Kier alpha value is -0.860. The first-order valence-corrected chi connectivity index (χ1v) is 5.04. The van der Waals surface area contributed by atoms with Crippen LogP contribution in [0.5, 0.6) is 0 Å². The second-order valence-corrected chi connectivity index (χ2v) is 4.13. The van der Waals surface area contributed by atoms with Crippen molar-refractivity contribution in [2.45, 2.75) is 25.4 Å². The molecule has 0 aliphatic carbocycles. The SMILES string of the molecule is Cc1ccccc1CC1(O)CCOC1. The van der Waals surface area contributed by atoms with E-state index in [0.717, 1.165) is 6.42 Å². The third kappa shape index (κ3) is 1.97. The van der Waals surface area contributed by atoms with Crippen LogP contribution >= 0.6 is 0 Å². The molecule has 1 aromatic carbocycles. The Morgan fingerprint density at radius 3 is 2.86 bits per heavy atom. The van der Waals surface area contributed by atoms with Crippen LogP contribution in [0.4, 0.5) is 0 Å². The van der Waals surface area contributed by atoms with E-state index in [1.54, 1.807) is 0 Å². The summed E-state index contributed by atoms with van der Waals surface area (Å²) in [6, 6.07) is 8.19. The maximum Gasteiger partial charge on any atom is 0.0942 e. The molecule has 0 aromatic heterocycles. The van der Waals surface area contributed by atoms with Crippen LogP contribution in [0.2, 0.25) is 0 Å². The quantitative estimate of drug-likeness (QED) is 0.772. The molecule has 2 heteroatoms. The Balaban J connectivity index is 2.14. The minimum atomic E-state index is -0.633. The zero-order valence-corrected chi connectivity index (χ0v) is 8.49. The lowest BCUT2D eigenvalue weighted by Crippen LogP contribution is -2.31. The van der Waals surface area contributed by atoms with Crippen molar-refractivity contribution in [3.63, 3.8) is 0 Å². The number of aliphatic hydroxyl groups is 1. The molecule has 1 aliphatic rings. The highest BCUT2D eigenvalue weighted by Crippen LogP contribution is 2.24. The Kier molecular flexibility index (Phi) is 2.57. The highest BCUT2D eigenvalue weighted by atomic mass is 16.5. The van der Waals surface area contributed by atoms with Crippen molar-refractivity contribution in [2.24, 2.45) is 0 Å². The Labute approximate surface area is 84.5 Å². The molecule has 1 aromatic rings. The maximum absolute atomic E-state index is 10.1. The van der Waals surface area contributed by atoms with Gasteiger partial charge in [0, 0.05) is 19.4 Å². The summed E-state index contributed by atoms with van der Waals surface area (Å²) in [4.78, 5) is 0. The summed E-state index contributed by atoms with van der Waals surface area (Å²) in [6.07, 6.45) is 1.46. The Morgan fingerprint density at radius 2 is 2.21 bits per heavy atom. The molecule has 1 heterocycles. The standard InChI is InChI=1S/C12H16O2/c1-10-4-2-3-5-11(10)8-12(13)6-7-14-9-12/h2-5,13H,6-9H2,1H3. The highest BCUT2D eigenvalue weighted by molar-refractivity contribution is 5.27. The van der Waals surface area contributed by atoms with Crippen LogP contribution in [0.25, 0.3) is 0 Å². The van der Waals surface area contributed by atoms with Crippen LogP contribution in [0.3, 0.4) is 0 Å². The van der Waals surface area contributed by atoms with Gasteiger partial charge in [-0.1, -0.05) is 24.3 Å². The summed E-state index contributed by atoms with van der Waals surface area (Å²) in [5.74, 6) is 0. The lowest BCUT2D eigenvalue weighted by atomic mass is 9.92. The molecule has 76 valence electrons. The fourth-order valence-corrected chi connectivity index (χ4v) is 1.90. The first-order chi connectivity index (χ1) is 6.70. The topological polar surface area (TPSA) is 29.5 Å². The molecule has 1 atom stereocenters. The van der Waals surface area contributed by atoms with E-state index in [4.69, 9.17) is 4.74 Å². The number of aryl methyl sites for hydroxylation is 1. The van der Waals surface area contributed by atoms with Gasteiger partial charge in [-0.05, 0) is 18.1 Å². The lowest BCUT2D eigenvalue weighted by molar-refractivity contribution is 0.0269. The number of ether oxygens (including phenoxy) is 1. The summed E-state index contributed by atoms with van der Waals surface area (Å²) in [6.45, 7) is 3.23. The number of rotatable bonds is 2. The number of hydrogen-bond donors (Lipinski definition) is 1. The van der Waals surface area contributed by atoms with Crippen LogP contribution in [0.1, 0.15) is 17.5 Å². The molecule has 0 amide bonds. The predicted molar refractivity (Wildman–Crippen MR) is 55.3 cm³/mol. The van der Waals surface area contributed by atoms with Crippen LogP contribution in [0, 0.1) is 6.92 Å². The second-order valence-electron chi connectivity index (χ2n) is 4.13. The summed E-state index contributed by atoms with van der Waals surface area (Å²) < 4.78 is 5.22. The molecule has 1 unspecified atom stereocenters. The van der Waals surface area contributed by atoms with Crippen molar-refractivity contribution in [3.05, 3.63) is 35.4 Å². The van der Waals surface area contributed by atoms with Crippen LogP contribution in [-0.2, 0) is 11.2 Å². The summed E-state index contributed by atoms with van der Waals surface area (Å²) in [5.41, 5.74) is 1.83. The molecule has 0 saturated carbocycles. The fourth-order valence-electron chi connectivity index (χ4n) is 1.90. The third-order valence-electron chi connectivity index (χ3n) is 2.86. The third-order valence-corrected chi connectivity index (χ3v) is 2.86. The smallest absolute Gasteiger partial charge is 0.0942 e. The van der Waals surface area contributed by atoms with Crippen molar-refractivity contribution in [1.29, 1.82) is 0 Å². The van der Waals surface area contributed by atoms with Gasteiger partial charge in [-0.25, -0.2) is 0 Å². The Bertz CT molecular complexity index is 314. The minimum Gasteiger partial charge on any atom is -0.387 e. The predicted octanol–water partition coefficient (Wildman–Crippen LogP) is 1.69. The van der Waals surface area contributed by atoms with E-state index >= 15 is 0 Å². The lowest BCUT2D eigenvalue weighted by Gasteiger charge is -2.21. The van der Waals surface area contributed by atoms with Gasteiger partial charge >= 0.3 is 0 Å². The summed E-state index contributed by atoms with van der Waals surface area (Å²) in [5, 5.41) is 10.1. The normalized spacial score (nSPS) is 26.7.